The van der Waals surface area contributed by atoms with E-state index in [4.69, 9.17) is 25.5 Å². The zero-order valence-corrected chi connectivity index (χ0v) is 14.2. The van der Waals surface area contributed by atoms with E-state index in [1.807, 2.05) is 18.2 Å². The number of rotatable bonds is 4. The van der Waals surface area contributed by atoms with Crippen LogP contribution < -0.4 is 9.47 Å². The molecule has 1 aromatic carbocycles. The molecule has 2 aromatic rings. The molecule has 19 heavy (non-hydrogen) atoms. The highest BCUT2D eigenvalue weighted by Gasteiger charge is 2.21. The van der Waals surface area contributed by atoms with Gasteiger partial charge in [0, 0.05) is 5.56 Å². The van der Waals surface area contributed by atoms with Gasteiger partial charge in [0.1, 0.15) is 22.1 Å². The van der Waals surface area contributed by atoms with E-state index in [2.05, 4.69) is 31.9 Å². The van der Waals surface area contributed by atoms with Gasteiger partial charge in [-0.05, 0) is 51.8 Å². The number of furan rings is 1. The Kier molecular flexibility index (Phi) is 4.81. The van der Waals surface area contributed by atoms with Gasteiger partial charge in [0.25, 0.3) is 0 Å². The van der Waals surface area contributed by atoms with Gasteiger partial charge < -0.3 is 13.9 Å². The Morgan fingerprint density at radius 1 is 1.16 bits per heavy atom. The monoisotopic (exact) mass is 408 g/mol. The maximum absolute atomic E-state index is 5.80. The highest BCUT2D eigenvalue weighted by molar-refractivity contribution is 9.10. The van der Waals surface area contributed by atoms with Crippen LogP contribution in [0.3, 0.4) is 0 Å². The first-order valence-electron chi connectivity index (χ1n) is 5.37. The van der Waals surface area contributed by atoms with Crippen molar-refractivity contribution in [3.05, 3.63) is 45.3 Å². The molecule has 0 aliphatic rings. The quantitative estimate of drug-likeness (QED) is 0.650. The smallest absolute Gasteiger partial charge is 0.193 e. The highest BCUT2D eigenvalue weighted by Crippen LogP contribution is 2.42. The Morgan fingerprint density at radius 3 is 2.37 bits per heavy atom. The minimum Gasteiger partial charge on any atom is -0.496 e. The molecule has 1 aromatic heterocycles. The molecule has 0 fully saturated rings. The van der Waals surface area contributed by atoms with Crippen molar-refractivity contribution in [1.82, 2.24) is 0 Å². The van der Waals surface area contributed by atoms with Crippen LogP contribution in [0.2, 0.25) is 5.22 Å². The fourth-order valence-corrected chi connectivity index (χ4v) is 2.94. The van der Waals surface area contributed by atoms with Gasteiger partial charge in [0.15, 0.2) is 5.22 Å². The molecule has 0 saturated heterocycles. The summed E-state index contributed by atoms with van der Waals surface area (Å²) >= 11 is 12.8. The lowest BCUT2D eigenvalue weighted by molar-refractivity contribution is 0.396. The molecule has 102 valence electrons. The summed E-state index contributed by atoms with van der Waals surface area (Å²) in [5, 5.41) is 0.350. The van der Waals surface area contributed by atoms with Crippen LogP contribution in [0.4, 0.5) is 0 Å². The summed E-state index contributed by atoms with van der Waals surface area (Å²) in [6.07, 6.45) is 0. The standard InChI is InChI=1S/C13H11Br2ClO3/c1-17-10-6-8(14)11(18-2)5-7(10)13(15)9-3-4-12(16)19-9/h3-6,13H,1-2H3. The molecule has 1 heterocycles. The maximum atomic E-state index is 5.80. The molecule has 6 heteroatoms. The lowest BCUT2D eigenvalue weighted by Gasteiger charge is -2.15. The number of methoxy groups -OCH3 is 2. The first-order chi connectivity index (χ1) is 9.06. The van der Waals surface area contributed by atoms with Crippen molar-refractivity contribution in [2.24, 2.45) is 0 Å². The van der Waals surface area contributed by atoms with Gasteiger partial charge in [0.2, 0.25) is 0 Å². The molecule has 1 atom stereocenters. The number of halogens is 3. The van der Waals surface area contributed by atoms with E-state index in [0.29, 0.717) is 11.0 Å². The SMILES string of the molecule is COc1cc(C(Br)c2ccc(Cl)o2)c(OC)cc1Br. The summed E-state index contributed by atoms with van der Waals surface area (Å²) in [5.41, 5.74) is 0.897. The Bertz CT molecular complexity index is 583. The van der Waals surface area contributed by atoms with Crippen LogP contribution in [0.1, 0.15) is 16.2 Å². The first kappa shape index (κ1) is 14.8. The zero-order valence-electron chi connectivity index (χ0n) is 10.2. The molecule has 0 aliphatic carbocycles. The zero-order chi connectivity index (χ0) is 14.0. The van der Waals surface area contributed by atoms with E-state index in [1.165, 1.54) is 0 Å². The molecule has 0 aliphatic heterocycles. The Hall–Kier alpha value is -0.650. The molecular weight excluding hydrogens is 399 g/mol. The number of hydrogen-bond acceptors (Lipinski definition) is 3. The van der Waals surface area contributed by atoms with E-state index in [9.17, 15) is 0 Å². The third kappa shape index (κ3) is 3.09. The van der Waals surface area contributed by atoms with Crippen LogP contribution in [0.15, 0.2) is 33.2 Å². The van der Waals surface area contributed by atoms with Crippen molar-refractivity contribution >= 4 is 43.5 Å². The number of hydrogen-bond donors (Lipinski definition) is 0. The lowest BCUT2D eigenvalue weighted by atomic mass is 10.1. The molecule has 0 spiro atoms. The van der Waals surface area contributed by atoms with Crippen molar-refractivity contribution in [2.75, 3.05) is 14.2 Å². The van der Waals surface area contributed by atoms with Crippen molar-refractivity contribution in [3.8, 4) is 11.5 Å². The van der Waals surface area contributed by atoms with Gasteiger partial charge in [-0.1, -0.05) is 15.9 Å². The van der Waals surface area contributed by atoms with Crippen LogP contribution in [-0.2, 0) is 0 Å². The highest BCUT2D eigenvalue weighted by atomic mass is 79.9. The third-order valence-corrected chi connectivity index (χ3v) is 4.39. The van der Waals surface area contributed by atoms with Crippen molar-refractivity contribution in [3.63, 3.8) is 0 Å². The largest absolute Gasteiger partial charge is 0.496 e. The first-order valence-corrected chi connectivity index (χ1v) is 7.46. The second-order valence-corrected chi connectivity index (χ2v) is 5.88. The molecule has 2 rings (SSSR count). The van der Waals surface area contributed by atoms with Crippen molar-refractivity contribution in [1.29, 1.82) is 0 Å². The minimum absolute atomic E-state index is 0.169. The number of ether oxygens (including phenoxy) is 2. The van der Waals surface area contributed by atoms with E-state index in [0.717, 1.165) is 21.5 Å². The van der Waals surface area contributed by atoms with Crippen LogP contribution in [0, 0.1) is 0 Å². The van der Waals surface area contributed by atoms with Gasteiger partial charge >= 0.3 is 0 Å². The molecule has 0 bridgehead atoms. The Balaban J connectivity index is 2.48. The summed E-state index contributed by atoms with van der Waals surface area (Å²) in [6, 6.07) is 7.26. The van der Waals surface area contributed by atoms with Gasteiger partial charge in [-0.25, -0.2) is 0 Å². The summed E-state index contributed by atoms with van der Waals surface area (Å²) in [4.78, 5) is -0.169. The van der Waals surface area contributed by atoms with Gasteiger partial charge in [0.05, 0.1) is 18.7 Å². The second-order valence-electron chi connectivity index (χ2n) is 3.73. The van der Waals surface area contributed by atoms with Crippen LogP contribution >= 0.6 is 43.5 Å². The maximum Gasteiger partial charge on any atom is 0.193 e. The molecule has 1 unspecified atom stereocenters. The van der Waals surface area contributed by atoms with Gasteiger partial charge in [-0.15, -0.1) is 0 Å². The van der Waals surface area contributed by atoms with E-state index in [-0.39, 0.29) is 4.83 Å². The summed E-state index contributed by atoms with van der Waals surface area (Å²) < 4.78 is 16.9. The number of benzene rings is 1. The van der Waals surface area contributed by atoms with E-state index in [1.54, 1.807) is 20.3 Å². The fourth-order valence-electron chi connectivity index (χ4n) is 1.70. The topological polar surface area (TPSA) is 31.6 Å². The molecule has 0 saturated carbocycles. The Labute approximate surface area is 133 Å². The number of alkyl halides is 1. The average Bonchev–Trinajstić information content (AvgIpc) is 2.84. The molecule has 0 radical (unpaired) electrons. The fraction of sp³-hybridized carbons (Fsp3) is 0.231. The van der Waals surface area contributed by atoms with E-state index < -0.39 is 0 Å². The van der Waals surface area contributed by atoms with E-state index >= 15 is 0 Å². The molecule has 3 nitrogen and oxygen atoms in total. The second kappa shape index (κ2) is 6.20. The van der Waals surface area contributed by atoms with Gasteiger partial charge in [-0.3, -0.25) is 0 Å². The molecular formula is C13H11Br2ClO3. The summed E-state index contributed by atoms with van der Waals surface area (Å²) in [5.74, 6) is 2.15. The third-order valence-electron chi connectivity index (χ3n) is 2.62. The van der Waals surface area contributed by atoms with Gasteiger partial charge in [-0.2, -0.15) is 0 Å². The molecule has 0 amide bonds. The van der Waals surface area contributed by atoms with Crippen molar-refractivity contribution in [2.45, 2.75) is 4.83 Å². The predicted octanol–water partition coefficient (Wildman–Crippen LogP) is 5.20. The lowest BCUT2D eigenvalue weighted by Crippen LogP contribution is -1.98. The van der Waals surface area contributed by atoms with Crippen LogP contribution in [-0.4, -0.2) is 14.2 Å². The Morgan fingerprint density at radius 2 is 1.84 bits per heavy atom. The minimum atomic E-state index is -0.169. The van der Waals surface area contributed by atoms with Crippen LogP contribution in [0.25, 0.3) is 0 Å². The normalized spacial score (nSPS) is 12.3. The molecule has 0 N–H and O–H groups in total. The van der Waals surface area contributed by atoms with Crippen LogP contribution in [0.5, 0.6) is 11.5 Å². The van der Waals surface area contributed by atoms with Crippen molar-refractivity contribution < 1.29 is 13.9 Å². The summed E-state index contributed by atoms with van der Waals surface area (Å²) in [6.45, 7) is 0. The summed E-state index contributed by atoms with van der Waals surface area (Å²) in [7, 11) is 3.23. The predicted molar refractivity (Wildman–Crippen MR) is 81.7 cm³/mol. The average molecular weight is 410 g/mol.